The highest BCUT2D eigenvalue weighted by molar-refractivity contribution is 7.12. The number of carbonyl (C=O) groups excluding carboxylic acids is 1. The van der Waals surface area contributed by atoms with Gasteiger partial charge >= 0.3 is 0 Å². The molecule has 0 fully saturated rings. The Morgan fingerprint density at radius 3 is 2.25 bits per heavy atom. The smallest absolute Gasteiger partial charge is 0.280 e. The summed E-state index contributed by atoms with van der Waals surface area (Å²) in [4.78, 5) is 16.8. The molecule has 1 atom stereocenters. The fourth-order valence-electron chi connectivity index (χ4n) is 2.22. The van der Waals surface area contributed by atoms with Crippen molar-refractivity contribution in [3.05, 3.63) is 74.5 Å². The monoisotopic (exact) mass is 376 g/mol. The van der Waals surface area contributed by atoms with Crippen LogP contribution in [0.15, 0.2) is 53.9 Å². The van der Waals surface area contributed by atoms with Gasteiger partial charge in [0.15, 0.2) is 5.01 Å². The molecule has 1 heterocycles. The SMILES string of the molecule is CC(NC(=O)c1nc(-c2ccc(Cl)cc2)cs1)c1ccc(Cl)cc1. The second-order valence-corrected chi connectivity index (χ2v) is 7.02. The van der Waals surface area contributed by atoms with E-state index in [-0.39, 0.29) is 11.9 Å². The Bertz CT molecular complexity index is 844. The number of hydrogen-bond acceptors (Lipinski definition) is 3. The van der Waals surface area contributed by atoms with Crippen molar-refractivity contribution in [1.29, 1.82) is 0 Å². The Kier molecular flexibility index (Phi) is 5.19. The summed E-state index contributed by atoms with van der Waals surface area (Å²) in [5.41, 5.74) is 2.68. The first kappa shape index (κ1) is 17.0. The second kappa shape index (κ2) is 7.34. The average molecular weight is 377 g/mol. The van der Waals surface area contributed by atoms with E-state index in [1.807, 2.05) is 48.7 Å². The summed E-state index contributed by atoms with van der Waals surface area (Å²) in [5, 5.41) is 6.59. The van der Waals surface area contributed by atoms with Crippen molar-refractivity contribution in [1.82, 2.24) is 10.3 Å². The highest BCUT2D eigenvalue weighted by atomic mass is 35.5. The molecule has 0 spiro atoms. The van der Waals surface area contributed by atoms with E-state index in [0.717, 1.165) is 16.8 Å². The van der Waals surface area contributed by atoms with Gasteiger partial charge in [-0.05, 0) is 36.8 Å². The van der Waals surface area contributed by atoms with Crippen molar-refractivity contribution in [2.75, 3.05) is 0 Å². The molecule has 1 unspecified atom stereocenters. The lowest BCUT2D eigenvalue weighted by Crippen LogP contribution is -2.26. The lowest BCUT2D eigenvalue weighted by Gasteiger charge is -2.13. The standard InChI is InChI=1S/C18H14Cl2N2OS/c1-11(12-2-6-14(19)7-3-12)21-17(23)18-22-16(10-24-18)13-4-8-15(20)9-5-13/h2-11H,1H3,(H,21,23). The summed E-state index contributed by atoms with van der Waals surface area (Å²) in [6.45, 7) is 1.93. The van der Waals surface area contributed by atoms with Crippen LogP contribution in [0.5, 0.6) is 0 Å². The van der Waals surface area contributed by atoms with Crippen LogP contribution in [-0.2, 0) is 0 Å². The van der Waals surface area contributed by atoms with Gasteiger partial charge in [-0.25, -0.2) is 4.98 Å². The summed E-state index contributed by atoms with van der Waals surface area (Å²) in [7, 11) is 0. The molecule has 0 aliphatic carbocycles. The van der Waals surface area contributed by atoms with Crippen LogP contribution >= 0.6 is 34.5 Å². The molecule has 3 nitrogen and oxygen atoms in total. The van der Waals surface area contributed by atoms with Crippen molar-refractivity contribution < 1.29 is 4.79 Å². The van der Waals surface area contributed by atoms with Gasteiger partial charge in [0, 0.05) is 21.0 Å². The Hall–Kier alpha value is -1.88. The number of carbonyl (C=O) groups is 1. The normalized spacial score (nSPS) is 12.0. The highest BCUT2D eigenvalue weighted by Crippen LogP contribution is 2.24. The van der Waals surface area contributed by atoms with Crippen LogP contribution in [0.1, 0.15) is 28.3 Å². The molecule has 0 radical (unpaired) electrons. The zero-order valence-corrected chi connectivity index (χ0v) is 15.1. The number of nitrogens with zero attached hydrogens (tertiary/aromatic N) is 1. The zero-order chi connectivity index (χ0) is 17.1. The summed E-state index contributed by atoms with van der Waals surface area (Å²) >= 11 is 13.1. The van der Waals surface area contributed by atoms with Crippen LogP contribution in [-0.4, -0.2) is 10.9 Å². The molecular formula is C18H14Cl2N2OS. The van der Waals surface area contributed by atoms with Crippen LogP contribution in [0.25, 0.3) is 11.3 Å². The Morgan fingerprint density at radius 1 is 1.04 bits per heavy atom. The molecule has 0 saturated heterocycles. The number of aromatic nitrogens is 1. The van der Waals surface area contributed by atoms with Gasteiger partial charge in [0.1, 0.15) is 0 Å². The van der Waals surface area contributed by atoms with Crippen molar-refractivity contribution >= 4 is 40.4 Å². The predicted octanol–water partition coefficient (Wildman–Crippen LogP) is 5.61. The Labute approximate surface area is 154 Å². The van der Waals surface area contributed by atoms with Crippen LogP contribution in [0.3, 0.4) is 0 Å². The van der Waals surface area contributed by atoms with Gasteiger partial charge in [0.05, 0.1) is 11.7 Å². The third-order valence-corrected chi connectivity index (χ3v) is 4.90. The second-order valence-electron chi connectivity index (χ2n) is 5.29. The predicted molar refractivity (Wildman–Crippen MR) is 99.9 cm³/mol. The van der Waals surface area contributed by atoms with Crippen molar-refractivity contribution in [2.24, 2.45) is 0 Å². The van der Waals surface area contributed by atoms with E-state index in [9.17, 15) is 4.79 Å². The largest absolute Gasteiger partial charge is 0.343 e. The van der Waals surface area contributed by atoms with Crippen LogP contribution < -0.4 is 5.32 Å². The van der Waals surface area contributed by atoms with Gasteiger partial charge in [-0.1, -0.05) is 47.5 Å². The molecule has 0 bridgehead atoms. The molecule has 3 rings (SSSR count). The van der Waals surface area contributed by atoms with Crippen LogP contribution in [0, 0.1) is 0 Å². The first-order chi connectivity index (χ1) is 11.5. The van der Waals surface area contributed by atoms with E-state index in [1.165, 1.54) is 11.3 Å². The first-order valence-electron chi connectivity index (χ1n) is 7.31. The number of thiazole rings is 1. The number of hydrogen-bond donors (Lipinski definition) is 1. The van der Waals surface area contributed by atoms with Crippen molar-refractivity contribution in [3.63, 3.8) is 0 Å². The van der Waals surface area contributed by atoms with Gasteiger partial charge in [-0.15, -0.1) is 11.3 Å². The number of halogens is 2. The molecule has 0 saturated carbocycles. The van der Waals surface area contributed by atoms with E-state index in [2.05, 4.69) is 10.3 Å². The first-order valence-corrected chi connectivity index (χ1v) is 8.94. The van der Waals surface area contributed by atoms with E-state index in [4.69, 9.17) is 23.2 Å². The van der Waals surface area contributed by atoms with Gasteiger partial charge < -0.3 is 5.32 Å². The lowest BCUT2D eigenvalue weighted by molar-refractivity contribution is 0.0939. The third-order valence-electron chi connectivity index (χ3n) is 3.56. The maximum atomic E-state index is 12.4. The number of benzene rings is 2. The third kappa shape index (κ3) is 3.96. The van der Waals surface area contributed by atoms with E-state index in [1.54, 1.807) is 12.1 Å². The van der Waals surface area contributed by atoms with Gasteiger partial charge in [0.25, 0.3) is 5.91 Å². The Morgan fingerprint density at radius 2 is 1.62 bits per heavy atom. The fraction of sp³-hybridized carbons (Fsp3) is 0.111. The molecule has 0 aliphatic heterocycles. The molecule has 1 amide bonds. The summed E-state index contributed by atoms with van der Waals surface area (Å²) in [6, 6.07) is 14.7. The van der Waals surface area contributed by atoms with Crippen LogP contribution in [0.4, 0.5) is 0 Å². The summed E-state index contributed by atoms with van der Waals surface area (Å²) < 4.78 is 0. The lowest BCUT2D eigenvalue weighted by atomic mass is 10.1. The van der Waals surface area contributed by atoms with E-state index in [0.29, 0.717) is 15.1 Å². The van der Waals surface area contributed by atoms with Crippen LogP contribution in [0.2, 0.25) is 10.0 Å². The van der Waals surface area contributed by atoms with Crippen molar-refractivity contribution in [2.45, 2.75) is 13.0 Å². The maximum Gasteiger partial charge on any atom is 0.280 e. The van der Waals surface area contributed by atoms with Gasteiger partial charge in [-0.3, -0.25) is 4.79 Å². The quantitative estimate of drug-likeness (QED) is 0.642. The molecule has 2 aromatic carbocycles. The molecule has 24 heavy (non-hydrogen) atoms. The minimum absolute atomic E-state index is 0.127. The van der Waals surface area contributed by atoms with Crippen molar-refractivity contribution in [3.8, 4) is 11.3 Å². The average Bonchev–Trinajstić information content (AvgIpc) is 3.06. The van der Waals surface area contributed by atoms with Gasteiger partial charge in [-0.2, -0.15) is 0 Å². The number of nitrogens with one attached hydrogen (secondary N) is 1. The molecule has 122 valence electrons. The molecule has 0 aliphatic rings. The summed E-state index contributed by atoms with van der Waals surface area (Å²) in [6.07, 6.45) is 0. The molecular weight excluding hydrogens is 363 g/mol. The minimum Gasteiger partial charge on any atom is -0.343 e. The fourth-order valence-corrected chi connectivity index (χ4v) is 3.21. The molecule has 1 N–H and O–H groups in total. The molecule has 6 heteroatoms. The number of amides is 1. The van der Waals surface area contributed by atoms with E-state index >= 15 is 0 Å². The topological polar surface area (TPSA) is 42.0 Å². The summed E-state index contributed by atoms with van der Waals surface area (Å²) in [5.74, 6) is -0.192. The van der Waals surface area contributed by atoms with E-state index < -0.39 is 0 Å². The Balaban J connectivity index is 1.71. The number of rotatable bonds is 4. The minimum atomic E-state index is -0.192. The van der Waals surface area contributed by atoms with Gasteiger partial charge in [0.2, 0.25) is 0 Å². The molecule has 1 aromatic heterocycles. The maximum absolute atomic E-state index is 12.4. The zero-order valence-electron chi connectivity index (χ0n) is 12.8. The highest BCUT2D eigenvalue weighted by Gasteiger charge is 2.15. The molecule has 3 aromatic rings.